The lowest BCUT2D eigenvalue weighted by molar-refractivity contribution is 0.329. The van der Waals surface area contributed by atoms with Crippen molar-refractivity contribution in [2.75, 3.05) is 6.61 Å². The van der Waals surface area contributed by atoms with Crippen molar-refractivity contribution >= 4 is 0 Å². The largest absolute Gasteiger partial charge is 0.392 e. The van der Waals surface area contributed by atoms with Crippen LogP contribution in [0.4, 0.5) is 0 Å². The summed E-state index contributed by atoms with van der Waals surface area (Å²) >= 11 is 0. The van der Waals surface area contributed by atoms with Crippen molar-refractivity contribution in [1.29, 1.82) is 0 Å². The molecule has 0 fully saturated rings. The Morgan fingerprint density at radius 1 is 1.42 bits per heavy atom. The number of aliphatic hydroxyl groups is 1. The fourth-order valence-corrected chi connectivity index (χ4v) is 1.13. The molecule has 1 aromatic rings. The molecule has 64 valence electrons. The maximum Gasteiger partial charge on any atom is 0.0642 e. The SMILES string of the molecule is C=C(CO)Cc1ccccc1C. The van der Waals surface area contributed by atoms with E-state index in [9.17, 15) is 0 Å². The standard InChI is InChI=1S/C11H14O/c1-9(8-12)7-11-6-4-3-5-10(11)2/h3-6,12H,1,7-8H2,2H3. The van der Waals surface area contributed by atoms with Crippen LogP contribution in [-0.2, 0) is 6.42 Å². The number of aryl methyl sites for hydroxylation is 1. The fourth-order valence-electron chi connectivity index (χ4n) is 1.13. The van der Waals surface area contributed by atoms with Crippen LogP contribution < -0.4 is 0 Å². The van der Waals surface area contributed by atoms with Gasteiger partial charge < -0.3 is 5.11 Å². The van der Waals surface area contributed by atoms with E-state index in [4.69, 9.17) is 5.11 Å². The third-order valence-electron chi connectivity index (χ3n) is 1.93. The van der Waals surface area contributed by atoms with Crippen LogP contribution in [0.5, 0.6) is 0 Å². The van der Waals surface area contributed by atoms with E-state index >= 15 is 0 Å². The summed E-state index contributed by atoms with van der Waals surface area (Å²) in [5.74, 6) is 0. The zero-order valence-electron chi connectivity index (χ0n) is 7.38. The summed E-state index contributed by atoms with van der Waals surface area (Å²) < 4.78 is 0. The normalized spacial score (nSPS) is 9.83. The van der Waals surface area contributed by atoms with Crippen molar-refractivity contribution in [3.05, 3.63) is 47.5 Å². The molecule has 1 heteroatoms. The third-order valence-corrected chi connectivity index (χ3v) is 1.93. The van der Waals surface area contributed by atoms with E-state index in [0.717, 1.165) is 12.0 Å². The highest BCUT2D eigenvalue weighted by Crippen LogP contribution is 2.10. The molecule has 0 saturated carbocycles. The summed E-state index contributed by atoms with van der Waals surface area (Å²) in [4.78, 5) is 0. The first-order chi connectivity index (χ1) is 5.74. The highest BCUT2D eigenvalue weighted by Gasteiger charge is 1.98. The molecule has 0 aromatic heterocycles. The molecule has 12 heavy (non-hydrogen) atoms. The van der Waals surface area contributed by atoms with Crippen LogP contribution in [0.3, 0.4) is 0 Å². The molecule has 0 aliphatic heterocycles. The monoisotopic (exact) mass is 162 g/mol. The molecule has 0 unspecified atom stereocenters. The Morgan fingerprint density at radius 2 is 2.08 bits per heavy atom. The van der Waals surface area contributed by atoms with Gasteiger partial charge in [0.05, 0.1) is 6.61 Å². The minimum absolute atomic E-state index is 0.0777. The highest BCUT2D eigenvalue weighted by atomic mass is 16.3. The van der Waals surface area contributed by atoms with Gasteiger partial charge in [-0.2, -0.15) is 0 Å². The first-order valence-electron chi connectivity index (χ1n) is 4.06. The molecule has 1 nitrogen and oxygen atoms in total. The molecule has 0 radical (unpaired) electrons. The van der Waals surface area contributed by atoms with Crippen LogP contribution >= 0.6 is 0 Å². The molecular formula is C11H14O. The molecule has 1 N–H and O–H groups in total. The van der Waals surface area contributed by atoms with Crippen LogP contribution in [0.15, 0.2) is 36.4 Å². The molecule has 0 amide bonds. The van der Waals surface area contributed by atoms with Crippen LogP contribution in [0.1, 0.15) is 11.1 Å². The minimum Gasteiger partial charge on any atom is -0.392 e. The van der Waals surface area contributed by atoms with Gasteiger partial charge in [0.25, 0.3) is 0 Å². The minimum atomic E-state index is 0.0777. The molecule has 0 saturated heterocycles. The van der Waals surface area contributed by atoms with Crippen molar-refractivity contribution in [3.8, 4) is 0 Å². The van der Waals surface area contributed by atoms with Crippen LogP contribution in [-0.4, -0.2) is 11.7 Å². The first kappa shape index (κ1) is 9.01. The second kappa shape index (κ2) is 4.07. The molecule has 0 aliphatic rings. The molecule has 0 atom stereocenters. The van der Waals surface area contributed by atoms with Gasteiger partial charge in [-0.05, 0) is 30.0 Å². The Bertz CT molecular complexity index is 276. The predicted octanol–water partition coefficient (Wildman–Crippen LogP) is 2.09. The summed E-state index contributed by atoms with van der Waals surface area (Å²) in [5.41, 5.74) is 3.37. The van der Waals surface area contributed by atoms with Crippen LogP contribution in [0.25, 0.3) is 0 Å². The highest BCUT2D eigenvalue weighted by molar-refractivity contribution is 5.29. The number of hydrogen-bond donors (Lipinski definition) is 1. The predicted molar refractivity (Wildman–Crippen MR) is 51.1 cm³/mol. The molecule has 1 rings (SSSR count). The van der Waals surface area contributed by atoms with E-state index in [1.165, 1.54) is 11.1 Å². The Balaban J connectivity index is 2.75. The lowest BCUT2D eigenvalue weighted by Gasteiger charge is -2.05. The molecule has 1 aromatic carbocycles. The van der Waals surface area contributed by atoms with Crippen molar-refractivity contribution < 1.29 is 5.11 Å². The quantitative estimate of drug-likeness (QED) is 0.675. The first-order valence-corrected chi connectivity index (χ1v) is 4.06. The van der Waals surface area contributed by atoms with E-state index in [-0.39, 0.29) is 6.61 Å². The summed E-state index contributed by atoms with van der Waals surface area (Å²) in [5, 5.41) is 8.79. The number of benzene rings is 1. The second-order valence-electron chi connectivity index (χ2n) is 3.01. The number of rotatable bonds is 3. The van der Waals surface area contributed by atoms with Gasteiger partial charge in [0.2, 0.25) is 0 Å². The number of hydrogen-bond acceptors (Lipinski definition) is 1. The van der Waals surface area contributed by atoms with Gasteiger partial charge >= 0.3 is 0 Å². The lowest BCUT2D eigenvalue weighted by Crippen LogP contribution is -1.95. The van der Waals surface area contributed by atoms with E-state index in [2.05, 4.69) is 25.6 Å². The lowest BCUT2D eigenvalue weighted by atomic mass is 10.0. The summed E-state index contributed by atoms with van der Waals surface area (Å²) in [6.07, 6.45) is 0.781. The van der Waals surface area contributed by atoms with E-state index in [0.29, 0.717) is 0 Å². The summed E-state index contributed by atoms with van der Waals surface area (Å²) in [6, 6.07) is 8.16. The molecule has 0 aliphatic carbocycles. The maximum atomic E-state index is 8.79. The second-order valence-corrected chi connectivity index (χ2v) is 3.01. The Morgan fingerprint density at radius 3 is 2.67 bits per heavy atom. The molecule has 0 bridgehead atoms. The van der Waals surface area contributed by atoms with Crippen molar-refractivity contribution in [3.63, 3.8) is 0 Å². The van der Waals surface area contributed by atoms with E-state index < -0.39 is 0 Å². The van der Waals surface area contributed by atoms with E-state index in [1.54, 1.807) is 0 Å². The van der Waals surface area contributed by atoms with Gasteiger partial charge in [-0.1, -0.05) is 30.8 Å². The molecular weight excluding hydrogens is 148 g/mol. The molecule has 0 heterocycles. The van der Waals surface area contributed by atoms with Gasteiger partial charge in [0.1, 0.15) is 0 Å². The van der Waals surface area contributed by atoms with Crippen molar-refractivity contribution in [1.82, 2.24) is 0 Å². The van der Waals surface area contributed by atoms with Crippen molar-refractivity contribution in [2.24, 2.45) is 0 Å². The van der Waals surface area contributed by atoms with Gasteiger partial charge in [-0.3, -0.25) is 0 Å². The van der Waals surface area contributed by atoms with Crippen LogP contribution in [0.2, 0.25) is 0 Å². The average Bonchev–Trinajstić information content (AvgIpc) is 2.09. The van der Waals surface area contributed by atoms with Crippen LogP contribution in [0, 0.1) is 6.92 Å². The van der Waals surface area contributed by atoms with Gasteiger partial charge in [0.15, 0.2) is 0 Å². The van der Waals surface area contributed by atoms with Gasteiger partial charge in [-0.25, -0.2) is 0 Å². The smallest absolute Gasteiger partial charge is 0.0642 e. The van der Waals surface area contributed by atoms with Gasteiger partial charge in [-0.15, -0.1) is 0 Å². The van der Waals surface area contributed by atoms with Gasteiger partial charge in [0, 0.05) is 0 Å². The topological polar surface area (TPSA) is 20.2 Å². The average molecular weight is 162 g/mol. The summed E-state index contributed by atoms with van der Waals surface area (Å²) in [7, 11) is 0. The number of aliphatic hydroxyl groups excluding tert-OH is 1. The van der Waals surface area contributed by atoms with E-state index in [1.807, 2.05) is 12.1 Å². The fraction of sp³-hybridized carbons (Fsp3) is 0.273. The Kier molecular flexibility index (Phi) is 3.06. The zero-order chi connectivity index (χ0) is 8.97. The summed E-state index contributed by atoms with van der Waals surface area (Å²) in [6.45, 7) is 5.91. The molecule has 0 spiro atoms. The Labute approximate surface area is 73.4 Å². The Hall–Kier alpha value is -1.08. The zero-order valence-corrected chi connectivity index (χ0v) is 7.38. The maximum absolute atomic E-state index is 8.79. The van der Waals surface area contributed by atoms with Crippen molar-refractivity contribution in [2.45, 2.75) is 13.3 Å². The third kappa shape index (κ3) is 2.21.